The molecule has 0 aromatic heterocycles. The van der Waals surface area contributed by atoms with Gasteiger partial charge < -0.3 is 31.3 Å². The van der Waals surface area contributed by atoms with Gasteiger partial charge in [-0.15, -0.1) is 0 Å². The number of hydrogen-bond acceptors (Lipinski definition) is 5. The van der Waals surface area contributed by atoms with Gasteiger partial charge in [0.05, 0.1) is 0 Å². The smallest absolute Gasteiger partial charge is 0.326 e. The summed E-state index contributed by atoms with van der Waals surface area (Å²) in [6, 6.07) is 3.83. The molecule has 0 spiro atoms. The van der Waals surface area contributed by atoms with Gasteiger partial charge in [0.15, 0.2) is 0 Å². The molecule has 0 saturated heterocycles. The molecule has 30 heavy (non-hydrogen) atoms. The first-order chi connectivity index (χ1) is 14.2. The van der Waals surface area contributed by atoms with Crippen LogP contribution in [-0.4, -0.2) is 57.9 Å². The van der Waals surface area contributed by atoms with Crippen molar-refractivity contribution in [1.29, 1.82) is 0 Å². The standard InChI is InChI=1S/C19H26ClN3O7/c20-13-6-2-1-5-12(13)11-21-10-4-3-7-14(17(26)27)22-19(30)23-15(18(28)29)8-9-16(24)25/h1-2,5-6,14-15,21H,3-4,7-11H2,(H,24,25)(H,26,27)(H,28,29)(H2,22,23,30)/t14?,15-/m0/s1. The van der Waals surface area contributed by atoms with Crippen LogP contribution in [0.3, 0.4) is 0 Å². The number of carbonyl (C=O) groups is 4. The third-order valence-electron chi connectivity index (χ3n) is 4.22. The minimum absolute atomic E-state index is 0.156. The fraction of sp³-hybridized carbons (Fsp3) is 0.474. The Balaban J connectivity index is 2.36. The molecule has 0 bridgehead atoms. The molecule has 6 N–H and O–H groups in total. The van der Waals surface area contributed by atoms with Crippen molar-refractivity contribution >= 4 is 35.5 Å². The van der Waals surface area contributed by atoms with E-state index in [1.165, 1.54) is 0 Å². The van der Waals surface area contributed by atoms with Gasteiger partial charge in [0.25, 0.3) is 0 Å². The Labute approximate surface area is 178 Å². The molecule has 1 aromatic carbocycles. The first kappa shape index (κ1) is 25.2. The number of benzene rings is 1. The number of rotatable bonds is 14. The van der Waals surface area contributed by atoms with Gasteiger partial charge >= 0.3 is 23.9 Å². The molecule has 166 valence electrons. The molecule has 1 rings (SSSR count). The first-order valence-electron chi connectivity index (χ1n) is 9.39. The Morgan fingerprint density at radius 1 is 0.900 bits per heavy atom. The van der Waals surface area contributed by atoms with Crippen molar-refractivity contribution in [2.45, 2.75) is 50.7 Å². The molecule has 0 aliphatic heterocycles. The Morgan fingerprint density at radius 3 is 2.07 bits per heavy atom. The fourth-order valence-corrected chi connectivity index (χ4v) is 2.81. The van der Waals surface area contributed by atoms with E-state index in [-0.39, 0.29) is 12.8 Å². The maximum atomic E-state index is 11.9. The van der Waals surface area contributed by atoms with Gasteiger partial charge in [0.2, 0.25) is 0 Å². The van der Waals surface area contributed by atoms with Gasteiger partial charge in [0, 0.05) is 18.0 Å². The van der Waals surface area contributed by atoms with Crippen molar-refractivity contribution in [3.63, 3.8) is 0 Å². The summed E-state index contributed by atoms with van der Waals surface area (Å²) in [5, 5.41) is 35.1. The average molecular weight is 444 g/mol. The molecular weight excluding hydrogens is 418 g/mol. The van der Waals surface area contributed by atoms with Gasteiger partial charge in [-0.1, -0.05) is 29.8 Å². The van der Waals surface area contributed by atoms with Crippen molar-refractivity contribution in [3.8, 4) is 0 Å². The number of hydrogen-bond donors (Lipinski definition) is 6. The second-order valence-corrected chi connectivity index (χ2v) is 7.00. The average Bonchev–Trinajstić information content (AvgIpc) is 2.67. The van der Waals surface area contributed by atoms with Gasteiger partial charge in [-0.25, -0.2) is 14.4 Å². The largest absolute Gasteiger partial charge is 0.481 e. The molecule has 0 aliphatic carbocycles. The summed E-state index contributed by atoms with van der Waals surface area (Å²) in [5.41, 5.74) is 0.955. The monoisotopic (exact) mass is 443 g/mol. The van der Waals surface area contributed by atoms with Gasteiger partial charge in [-0.05, 0) is 43.9 Å². The highest BCUT2D eigenvalue weighted by molar-refractivity contribution is 6.31. The Hall–Kier alpha value is -2.85. The summed E-state index contributed by atoms with van der Waals surface area (Å²) >= 11 is 6.06. The maximum absolute atomic E-state index is 11.9. The highest BCUT2D eigenvalue weighted by atomic mass is 35.5. The number of carboxylic acid groups (broad SMARTS) is 3. The molecule has 0 fully saturated rings. The molecule has 0 heterocycles. The summed E-state index contributed by atoms with van der Waals surface area (Å²) in [6.07, 6.45) is 0.569. The zero-order valence-corrected chi connectivity index (χ0v) is 17.0. The van der Waals surface area contributed by atoms with E-state index in [0.717, 1.165) is 5.56 Å². The molecule has 1 unspecified atom stereocenters. The van der Waals surface area contributed by atoms with Gasteiger partial charge in [-0.3, -0.25) is 4.79 Å². The second kappa shape index (κ2) is 13.4. The van der Waals surface area contributed by atoms with E-state index >= 15 is 0 Å². The summed E-state index contributed by atoms with van der Waals surface area (Å²) in [7, 11) is 0. The minimum atomic E-state index is -1.43. The number of urea groups is 1. The number of amides is 2. The quantitative estimate of drug-likeness (QED) is 0.236. The molecule has 0 aliphatic rings. The van der Waals surface area contributed by atoms with Crippen LogP contribution in [0.5, 0.6) is 0 Å². The maximum Gasteiger partial charge on any atom is 0.326 e. The van der Waals surface area contributed by atoms with E-state index in [9.17, 15) is 24.3 Å². The molecule has 11 heteroatoms. The van der Waals surface area contributed by atoms with Gasteiger partial charge in [0.1, 0.15) is 12.1 Å². The third-order valence-corrected chi connectivity index (χ3v) is 4.59. The first-order valence-corrected chi connectivity index (χ1v) is 9.77. The van der Waals surface area contributed by atoms with Crippen LogP contribution in [0.2, 0.25) is 5.02 Å². The van der Waals surface area contributed by atoms with E-state index in [2.05, 4.69) is 16.0 Å². The molecule has 1 aromatic rings. The number of unbranched alkanes of at least 4 members (excludes halogenated alkanes) is 1. The van der Waals surface area contributed by atoms with E-state index in [0.29, 0.717) is 31.0 Å². The summed E-state index contributed by atoms with van der Waals surface area (Å²) < 4.78 is 0. The lowest BCUT2D eigenvalue weighted by Crippen LogP contribution is -2.51. The zero-order valence-electron chi connectivity index (χ0n) is 16.3. The second-order valence-electron chi connectivity index (χ2n) is 6.60. The van der Waals surface area contributed by atoms with Crippen LogP contribution < -0.4 is 16.0 Å². The van der Waals surface area contributed by atoms with Crippen molar-refractivity contribution in [2.75, 3.05) is 6.54 Å². The van der Waals surface area contributed by atoms with Crippen molar-refractivity contribution in [1.82, 2.24) is 16.0 Å². The van der Waals surface area contributed by atoms with Crippen LogP contribution in [0.1, 0.15) is 37.7 Å². The minimum Gasteiger partial charge on any atom is -0.481 e. The van der Waals surface area contributed by atoms with Crippen molar-refractivity contribution < 1.29 is 34.5 Å². The van der Waals surface area contributed by atoms with Gasteiger partial charge in [-0.2, -0.15) is 0 Å². The lowest BCUT2D eigenvalue weighted by molar-refractivity contribution is -0.140. The zero-order chi connectivity index (χ0) is 22.5. The number of carboxylic acids is 3. The molecule has 0 radical (unpaired) electrons. The van der Waals surface area contributed by atoms with E-state index in [1.54, 1.807) is 6.07 Å². The molecule has 2 atom stereocenters. The van der Waals surface area contributed by atoms with E-state index < -0.39 is 42.4 Å². The summed E-state index contributed by atoms with van der Waals surface area (Å²) in [4.78, 5) is 44.9. The van der Waals surface area contributed by atoms with Crippen LogP contribution in [0.25, 0.3) is 0 Å². The van der Waals surface area contributed by atoms with Crippen LogP contribution in [0.15, 0.2) is 24.3 Å². The molecule has 10 nitrogen and oxygen atoms in total. The normalized spacial score (nSPS) is 12.6. The number of aliphatic carboxylic acids is 3. The van der Waals surface area contributed by atoms with Crippen molar-refractivity contribution in [3.05, 3.63) is 34.9 Å². The topological polar surface area (TPSA) is 165 Å². The number of carbonyl (C=O) groups excluding carboxylic acids is 1. The van der Waals surface area contributed by atoms with Crippen molar-refractivity contribution in [2.24, 2.45) is 0 Å². The highest BCUT2D eigenvalue weighted by Gasteiger charge is 2.24. The fourth-order valence-electron chi connectivity index (χ4n) is 2.60. The predicted molar refractivity (Wildman–Crippen MR) is 108 cm³/mol. The summed E-state index contributed by atoms with van der Waals surface area (Å²) in [5.74, 6) is -3.84. The SMILES string of the molecule is O=C(O)CC[C@H](NC(=O)NC(CCCCNCc1ccccc1Cl)C(=O)O)C(=O)O. The van der Waals surface area contributed by atoms with Crippen LogP contribution >= 0.6 is 11.6 Å². The molecule has 0 saturated carbocycles. The Morgan fingerprint density at radius 2 is 1.50 bits per heavy atom. The molecule has 2 amide bonds. The van der Waals surface area contributed by atoms with Crippen LogP contribution in [0.4, 0.5) is 4.79 Å². The number of nitrogens with one attached hydrogen (secondary N) is 3. The third kappa shape index (κ3) is 10.1. The summed E-state index contributed by atoms with van der Waals surface area (Å²) in [6.45, 7) is 1.20. The van der Waals surface area contributed by atoms with Crippen LogP contribution in [-0.2, 0) is 20.9 Å². The Bertz CT molecular complexity index is 745. The molecular formula is C19H26ClN3O7. The lowest BCUT2D eigenvalue weighted by Gasteiger charge is -2.18. The predicted octanol–water partition coefficient (Wildman–Crippen LogP) is 1.67. The van der Waals surface area contributed by atoms with Crippen LogP contribution in [0, 0.1) is 0 Å². The van der Waals surface area contributed by atoms with E-state index in [4.69, 9.17) is 21.8 Å². The highest BCUT2D eigenvalue weighted by Crippen LogP contribution is 2.14. The Kier molecular flexibility index (Phi) is 11.2. The van der Waals surface area contributed by atoms with E-state index in [1.807, 2.05) is 18.2 Å². The number of halogens is 1. The lowest BCUT2D eigenvalue weighted by atomic mass is 10.1.